The largest absolute Gasteiger partial charge is 0.368 e. The van der Waals surface area contributed by atoms with Crippen LogP contribution in [0.3, 0.4) is 0 Å². The molecule has 1 aliphatic rings. The van der Waals surface area contributed by atoms with Crippen LogP contribution in [0, 0.1) is 0 Å². The number of H-pyrrole nitrogens is 2. The van der Waals surface area contributed by atoms with Crippen molar-refractivity contribution in [2.45, 2.75) is 12.3 Å². The zero-order valence-corrected chi connectivity index (χ0v) is 17.3. The molecule has 10 heteroatoms. The number of aromatic amines is 2. The van der Waals surface area contributed by atoms with Crippen LogP contribution in [0.1, 0.15) is 28.3 Å². The van der Waals surface area contributed by atoms with Gasteiger partial charge in [-0.1, -0.05) is 12.1 Å². The van der Waals surface area contributed by atoms with Gasteiger partial charge in [-0.3, -0.25) is 14.6 Å². The lowest BCUT2D eigenvalue weighted by molar-refractivity contribution is 0.0963. The van der Waals surface area contributed by atoms with Gasteiger partial charge in [-0.05, 0) is 30.2 Å². The average molecular weight is 431 g/mol. The molecule has 0 spiro atoms. The van der Waals surface area contributed by atoms with E-state index in [1.54, 1.807) is 30.0 Å². The van der Waals surface area contributed by atoms with E-state index in [0.29, 0.717) is 16.9 Å². The fourth-order valence-electron chi connectivity index (χ4n) is 4.19. The van der Waals surface area contributed by atoms with Gasteiger partial charge in [0.25, 0.3) is 11.5 Å². The molecule has 1 saturated heterocycles. The van der Waals surface area contributed by atoms with Crippen LogP contribution in [-0.4, -0.2) is 50.6 Å². The van der Waals surface area contributed by atoms with E-state index < -0.39 is 11.2 Å². The minimum atomic E-state index is -0.566. The number of amides is 1. The smallest absolute Gasteiger partial charge is 0.325 e. The summed E-state index contributed by atoms with van der Waals surface area (Å²) in [7, 11) is 1.62. The van der Waals surface area contributed by atoms with Gasteiger partial charge in [-0.2, -0.15) is 5.10 Å². The number of hydrogen-bond donors (Lipinski definition) is 3. The molecule has 1 fully saturated rings. The van der Waals surface area contributed by atoms with E-state index in [0.717, 1.165) is 30.8 Å². The minimum Gasteiger partial charge on any atom is -0.368 e. The molecular weight excluding hydrogens is 410 g/mol. The van der Waals surface area contributed by atoms with Gasteiger partial charge < -0.3 is 15.2 Å². The Hall–Kier alpha value is -4.21. The number of hydrogen-bond acceptors (Lipinski definition) is 6. The van der Waals surface area contributed by atoms with Gasteiger partial charge in [0.05, 0.1) is 11.3 Å². The van der Waals surface area contributed by atoms with Crippen molar-refractivity contribution in [2.75, 3.05) is 25.0 Å². The molecule has 10 nitrogen and oxygen atoms in total. The maximum absolute atomic E-state index is 12.3. The second-order valence-electron chi connectivity index (χ2n) is 7.73. The molecular formula is C22H21N7O3. The minimum absolute atomic E-state index is 0.106. The van der Waals surface area contributed by atoms with E-state index in [4.69, 9.17) is 0 Å². The fraction of sp³-hybridized carbons (Fsp3) is 0.227. The second-order valence-corrected chi connectivity index (χ2v) is 7.73. The van der Waals surface area contributed by atoms with Crippen LogP contribution < -0.4 is 21.5 Å². The molecule has 0 radical (unpaired) electrons. The summed E-state index contributed by atoms with van der Waals surface area (Å²) in [4.78, 5) is 47.1. The van der Waals surface area contributed by atoms with Crippen LogP contribution >= 0.6 is 0 Å². The van der Waals surface area contributed by atoms with Crippen molar-refractivity contribution < 1.29 is 4.79 Å². The molecule has 1 aromatic carbocycles. The van der Waals surface area contributed by atoms with Crippen molar-refractivity contribution >= 4 is 17.2 Å². The average Bonchev–Trinajstić information content (AvgIpc) is 3.48. The molecule has 162 valence electrons. The van der Waals surface area contributed by atoms with Crippen LogP contribution in [-0.2, 0) is 0 Å². The Kier molecular flexibility index (Phi) is 4.81. The molecule has 5 rings (SSSR count). The van der Waals surface area contributed by atoms with Crippen LogP contribution in [0.25, 0.3) is 16.9 Å². The predicted octanol–water partition coefficient (Wildman–Crippen LogP) is 1.13. The van der Waals surface area contributed by atoms with E-state index in [2.05, 4.69) is 30.3 Å². The Morgan fingerprint density at radius 3 is 2.94 bits per heavy atom. The molecule has 0 bridgehead atoms. The molecule has 1 aliphatic heterocycles. The van der Waals surface area contributed by atoms with Gasteiger partial charge >= 0.3 is 5.69 Å². The molecule has 4 heterocycles. The molecule has 4 aromatic rings. The Morgan fingerprint density at radius 2 is 2.12 bits per heavy atom. The highest BCUT2D eigenvalue weighted by atomic mass is 16.2. The highest BCUT2D eigenvalue weighted by Gasteiger charge is 2.27. The first kappa shape index (κ1) is 19.7. The molecule has 1 unspecified atom stereocenters. The van der Waals surface area contributed by atoms with E-state index in [-0.39, 0.29) is 17.4 Å². The number of imidazole rings is 1. The Bertz CT molecular complexity index is 1440. The van der Waals surface area contributed by atoms with Gasteiger partial charge in [-0.25, -0.2) is 14.3 Å². The van der Waals surface area contributed by atoms with Crippen LogP contribution in [0.2, 0.25) is 0 Å². The molecule has 32 heavy (non-hydrogen) atoms. The maximum atomic E-state index is 12.3. The summed E-state index contributed by atoms with van der Waals surface area (Å²) in [6, 6.07) is 9.52. The third-order valence-corrected chi connectivity index (χ3v) is 5.81. The first-order valence-electron chi connectivity index (χ1n) is 10.3. The lowest BCUT2D eigenvalue weighted by atomic mass is 9.96. The van der Waals surface area contributed by atoms with Crippen molar-refractivity contribution in [1.29, 1.82) is 0 Å². The summed E-state index contributed by atoms with van der Waals surface area (Å²) in [5.41, 5.74) is 2.94. The van der Waals surface area contributed by atoms with Crippen molar-refractivity contribution in [1.82, 2.24) is 29.9 Å². The first-order valence-corrected chi connectivity index (χ1v) is 10.3. The summed E-state index contributed by atoms with van der Waals surface area (Å²) < 4.78 is 1.63. The highest BCUT2D eigenvalue weighted by molar-refractivity contribution is 5.94. The molecule has 3 aromatic heterocycles. The standard InChI is InChI=1S/C22H21N7O3/c1-23-20(30)14-4-2-3-13(9-14)15-5-7-28(12-15)18-10-17(27-29-8-6-24-19(18)29)16-11-25-22(32)26-21(16)31/h2-4,6,8-11,15H,5,7,12H2,1H3,(H,23,30)(H2,25,26,31,32). The van der Waals surface area contributed by atoms with Gasteiger partial charge in [0.1, 0.15) is 5.69 Å². The lowest BCUT2D eigenvalue weighted by Crippen LogP contribution is -2.24. The van der Waals surface area contributed by atoms with E-state index in [1.807, 2.05) is 24.3 Å². The molecule has 1 atom stereocenters. The van der Waals surface area contributed by atoms with Gasteiger partial charge in [0, 0.05) is 50.2 Å². The van der Waals surface area contributed by atoms with Gasteiger partial charge in [0.15, 0.2) is 5.65 Å². The number of benzene rings is 1. The van der Waals surface area contributed by atoms with E-state index in [1.165, 1.54) is 6.20 Å². The second kappa shape index (κ2) is 7.80. The van der Waals surface area contributed by atoms with E-state index >= 15 is 0 Å². The predicted molar refractivity (Wildman–Crippen MR) is 119 cm³/mol. The zero-order valence-electron chi connectivity index (χ0n) is 17.3. The number of carbonyl (C=O) groups excluding carboxylic acids is 1. The lowest BCUT2D eigenvalue weighted by Gasteiger charge is -2.20. The Morgan fingerprint density at radius 1 is 1.25 bits per heavy atom. The molecule has 1 amide bonds. The number of anilines is 1. The van der Waals surface area contributed by atoms with E-state index in [9.17, 15) is 14.4 Å². The summed E-state index contributed by atoms with van der Waals surface area (Å²) >= 11 is 0. The van der Waals surface area contributed by atoms with Crippen molar-refractivity contribution in [2.24, 2.45) is 0 Å². The van der Waals surface area contributed by atoms with Gasteiger partial charge in [-0.15, -0.1) is 0 Å². The Labute approximate surface area is 181 Å². The number of aromatic nitrogens is 5. The molecule has 0 aliphatic carbocycles. The number of carbonyl (C=O) groups is 1. The summed E-state index contributed by atoms with van der Waals surface area (Å²) in [6.45, 7) is 1.54. The fourth-order valence-corrected chi connectivity index (χ4v) is 4.19. The number of nitrogens with one attached hydrogen (secondary N) is 3. The number of fused-ring (bicyclic) bond motifs is 1. The number of rotatable bonds is 4. The third-order valence-electron chi connectivity index (χ3n) is 5.81. The third kappa shape index (κ3) is 3.45. The van der Waals surface area contributed by atoms with Crippen molar-refractivity contribution in [3.05, 3.63) is 80.9 Å². The molecule has 3 N–H and O–H groups in total. The number of nitrogens with zero attached hydrogens (tertiary/aromatic N) is 4. The van der Waals surface area contributed by atoms with Gasteiger partial charge in [0.2, 0.25) is 0 Å². The van der Waals surface area contributed by atoms with Crippen molar-refractivity contribution in [3.63, 3.8) is 0 Å². The van der Waals surface area contributed by atoms with Crippen LogP contribution in [0.4, 0.5) is 5.69 Å². The monoisotopic (exact) mass is 431 g/mol. The topological polar surface area (TPSA) is 128 Å². The highest BCUT2D eigenvalue weighted by Crippen LogP contribution is 2.34. The van der Waals surface area contributed by atoms with Crippen molar-refractivity contribution in [3.8, 4) is 11.3 Å². The zero-order chi connectivity index (χ0) is 22.2. The normalized spacial score (nSPS) is 15.9. The first-order chi connectivity index (χ1) is 15.5. The molecule has 0 saturated carbocycles. The summed E-state index contributed by atoms with van der Waals surface area (Å²) in [5, 5.41) is 7.15. The SMILES string of the molecule is CNC(=O)c1cccc(C2CCN(c3cc(-c4c[nH]c(=O)[nH]c4=O)nn4ccnc34)C2)c1. The summed E-state index contributed by atoms with van der Waals surface area (Å²) in [6.07, 6.45) is 5.67. The Balaban J connectivity index is 1.50. The van der Waals surface area contributed by atoms with Crippen LogP contribution in [0.15, 0.2) is 58.5 Å². The summed E-state index contributed by atoms with van der Waals surface area (Å²) in [5.74, 6) is 0.147. The maximum Gasteiger partial charge on any atom is 0.325 e. The quantitative estimate of drug-likeness (QED) is 0.444. The van der Waals surface area contributed by atoms with Crippen LogP contribution in [0.5, 0.6) is 0 Å².